The van der Waals surface area contributed by atoms with Crippen LogP contribution in [0.2, 0.25) is 0 Å². The Kier molecular flexibility index (Phi) is 7.28. The van der Waals surface area contributed by atoms with E-state index in [1.165, 1.54) is 7.11 Å². The summed E-state index contributed by atoms with van der Waals surface area (Å²) in [6, 6.07) is 13.0. The van der Waals surface area contributed by atoms with Crippen LogP contribution in [0.3, 0.4) is 0 Å². The smallest absolute Gasteiger partial charge is 0.243 e. The summed E-state index contributed by atoms with van der Waals surface area (Å²) in [6.45, 7) is 4.19. The quantitative estimate of drug-likeness (QED) is 0.692. The molecule has 0 saturated heterocycles. The minimum atomic E-state index is -3.67. The van der Waals surface area contributed by atoms with E-state index in [1.54, 1.807) is 31.2 Å². The molecule has 28 heavy (non-hydrogen) atoms. The van der Waals surface area contributed by atoms with Crippen LogP contribution in [0.1, 0.15) is 19.4 Å². The first-order valence-corrected chi connectivity index (χ1v) is 10.7. The molecule has 1 amide bonds. The molecule has 0 bridgehead atoms. The number of nitrogens with one attached hydrogen (secondary N) is 1. The molecule has 0 aliphatic heterocycles. The highest BCUT2D eigenvalue weighted by atomic mass is 32.2. The van der Waals surface area contributed by atoms with E-state index in [2.05, 4.69) is 5.32 Å². The second-order valence-electron chi connectivity index (χ2n) is 6.19. The summed E-state index contributed by atoms with van der Waals surface area (Å²) in [5, 5.41) is 2.79. The van der Waals surface area contributed by atoms with Crippen LogP contribution < -0.4 is 19.1 Å². The number of methoxy groups -OCH3 is 1. The van der Waals surface area contributed by atoms with Gasteiger partial charge in [0.05, 0.1) is 25.7 Å². The molecule has 2 aromatic carbocycles. The van der Waals surface area contributed by atoms with Crippen LogP contribution in [0.25, 0.3) is 0 Å². The van der Waals surface area contributed by atoms with Crippen molar-refractivity contribution in [3.05, 3.63) is 54.1 Å². The Morgan fingerprint density at radius 2 is 1.79 bits per heavy atom. The SMILES string of the molecule is CCOc1ccccc1CNC(=O)[C@@H](C)N(c1ccc(OC)cc1)S(C)(=O)=O. The third-order valence-corrected chi connectivity index (χ3v) is 5.38. The van der Waals surface area contributed by atoms with Crippen molar-refractivity contribution in [3.8, 4) is 11.5 Å². The van der Waals surface area contributed by atoms with Crippen molar-refractivity contribution in [1.82, 2.24) is 5.32 Å². The second kappa shape index (κ2) is 9.45. The van der Waals surface area contributed by atoms with Crippen LogP contribution in [0.15, 0.2) is 48.5 Å². The van der Waals surface area contributed by atoms with Gasteiger partial charge < -0.3 is 14.8 Å². The Bertz CT molecular complexity index is 897. The number of anilines is 1. The summed E-state index contributed by atoms with van der Waals surface area (Å²) < 4.78 is 36.4. The molecule has 0 unspecified atom stereocenters. The number of rotatable bonds is 9. The summed E-state index contributed by atoms with van der Waals surface area (Å²) in [7, 11) is -2.15. The number of sulfonamides is 1. The maximum absolute atomic E-state index is 12.7. The lowest BCUT2D eigenvalue weighted by Gasteiger charge is -2.28. The molecule has 7 nitrogen and oxygen atoms in total. The molecule has 0 heterocycles. The van der Waals surface area contributed by atoms with E-state index in [1.807, 2.05) is 31.2 Å². The molecular weight excluding hydrogens is 380 g/mol. The summed E-state index contributed by atoms with van der Waals surface area (Å²) in [6.07, 6.45) is 1.07. The first-order chi connectivity index (χ1) is 13.3. The highest BCUT2D eigenvalue weighted by Crippen LogP contribution is 2.24. The van der Waals surface area contributed by atoms with Crippen LogP contribution in [-0.2, 0) is 21.4 Å². The van der Waals surface area contributed by atoms with Gasteiger partial charge in [-0.3, -0.25) is 9.10 Å². The van der Waals surface area contributed by atoms with E-state index in [0.29, 0.717) is 23.8 Å². The van der Waals surface area contributed by atoms with E-state index < -0.39 is 22.0 Å². The number of hydrogen-bond acceptors (Lipinski definition) is 5. The number of carbonyl (C=O) groups excluding carboxylic acids is 1. The standard InChI is InChI=1S/C20H26N2O5S/c1-5-27-19-9-7-6-8-16(19)14-21-20(23)15(2)22(28(4,24)25)17-10-12-18(26-3)13-11-17/h6-13,15H,5,14H2,1-4H3,(H,21,23)/t15-/m1/s1. The Balaban J connectivity index is 2.18. The van der Waals surface area contributed by atoms with Crippen LogP contribution in [0.5, 0.6) is 11.5 Å². The molecule has 0 fully saturated rings. The first kappa shape index (κ1) is 21.6. The predicted molar refractivity (Wildman–Crippen MR) is 109 cm³/mol. The summed E-state index contributed by atoms with van der Waals surface area (Å²) in [5.41, 5.74) is 1.21. The Labute approximate surface area is 166 Å². The van der Waals surface area contributed by atoms with Crippen molar-refractivity contribution >= 4 is 21.6 Å². The number of nitrogens with zero attached hydrogens (tertiary/aromatic N) is 1. The average Bonchev–Trinajstić information content (AvgIpc) is 2.67. The lowest BCUT2D eigenvalue weighted by Crippen LogP contribution is -2.47. The molecule has 0 aliphatic carbocycles. The van der Waals surface area contributed by atoms with Gasteiger partial charge in [0, 0.05) is 12.1 Å². The van der Waals surface area contributed by atoms with E-state index in [9.17, 15) is 13.2 Å². The van der Waals surface area contributed by atoms with Gasteiger partial charge in [-0.25, -0.2) is 8.42 Å². The number of amides is 1. The third kappa shape index (κ3) is 5.39. The van der Waals surface area contributed by atoms with E-state index >= 15 is 0 Å². The fraction of sp³-hybridized carbons (Fsp3) is 0.350. The van der Waals surface area contributed by atoms with Crippen molar-refractivity contribution in [2.45, 2.75) is 26.4 Å². The molecule has 1 N–H and O–H groups in total. The molecule has 0 spiro atoms. The first-order valence-electron chi connectivity index (χ1n) is 8.89. The Hall–Kier alpha value is -2.74. The minimum absolute atomic E-state index is 0.236. The van der Waals surface area contributed by atoms with Crippen LogP contribution in [0.4, 0.5) is 5.69 Å². The van der Waals surface area contributed by atoms with Crippen LogP contribution in [-0.4, -0.2) is 40.3 Å². The summed E-state index contributed by atoms with van der Waals surface area (Å²) >= 11 is 0. The van der Waals surface area contributed by atoms with E-state index in [0.717, 1.165) is 16.1 Å². The molecule has 0 aromatic heterocycles. The number of benzene rings is 2. The maximum Gasteiger partial charge on any atom is 0.243 e. The van der Waals surface area contributed by atoms with Gasteiger partial charge in [-0.1, -0.05) is 18.2 Å². The lowest BCUT2D eigenvalue weighted by molar-refractivity contribution is -0.122. The van der Waals surface area contributed by atoms with Gasteiger partial charge in [-0.2, -0.15) is 0 Å². The average molecular weight is 407 g/mol. The highest BCUT2D eigenvalue weighted by molar-refractivity contribution is 7.92. The molecule has 2 aromatic rings. The second-order valence-corrected chi connectivity index (χ2v) is 8.05. The minimum Gasteiger partial charge on any atom is -0.497 e. The molecule has 2 rings (SSSR count). The Morgan fingerprint density at radius 1 is 1.14 bits per heavy atom. The van der Waals surface area contributed by atoms with Crippen molar-refractivity contribution in [3.63, 3.8) is 0 Å². The topological polar surface area (TPSA) is 84.9 Å². The van der Waals surface area contributed by atoms with Crippen molar-refractivity contribution in [1.29, 1.82) is 0 Å². The largest absolute Gasteiger partial charge is 0.497 e. The van der Waals surface area contributed by atoms with Gasteiger partial charge in [0.2, 0.25) is 15.9 Å². The molecule has 0 aliphatic rings. The zero-order valence-electron chi connectivity index (χ0n) is 16.5. The Morgan fingerprint density at radius 3 is 2.36 bits per heavy atom. The third-order valence-electron chi connectivity index (χ3n) is 4.14. The fourth-order valence-corrected chi connectivity index (χ4v) is 3.99. The van der Waals surface area contributed by atoms with Gasteiger partial charge in [0.25, 0.3) is 0 Å². The van der Waals surface area contributed by atoms with E-state index in [-0.39, 0.29) is 6.54 Å². The highest BCUT2D eigenvalue weighted by Gasteiger charge is 2.29. The summed E-state index contributed by atoms with van der Waals surface area (Å²) in [5.74, 6) is 0.877. The van der Waals surface area contributed by atoms with Gasteiger partial charge in [-0.05, 0) is 44.2 Å². The normalized spacial score (nSPS) is 12.1. The van der Waals surface area contributed by atoms with E-state index in [4.69, 9.17) is 9.47 Å². The molecule has 0 saturated carbocycles. The number of carbonyl (C=O) groups is 1. The maximum atomic E-state index is 12.7. The number of hydrogen-bond donors (Lipinski definition) is 1. The summed E-state index contributed by atoms with van der Waals surface area (Å²) in [4.78, 5) is 12.7. The number of ether oxygens (including phenoxy) is 2. The van der Waals surface area contributed by atoms with Crippen molar-refractivity contribution < 1.29 is 22.7 Å². The van der Waals surface area contributed by atoms with Gasteiger partial charge in [-0.15, -0.1) is 0 Å². The fourth-order valence-electron chi connectivity index (χ4n) is 2.81. The molecular formula is C20H26N2O5S. The number of para-hydroxylation sites is 1. The van der Waals surface area contributed by atoms with Gasteiger partial charge >= 0.3 is 0 Å². The monoisotopic (exact) mass is 406 g/mol. The zero-order valence-corrected chi connectivity index (χ0v) is 17.3. The van der Waals surface area contributed by atoms with Crippen molar-refractivity contribution in [2.24, 2.45) is 0 Å². The van der Waals surface area contributed by atoms with Crippen molar-refractivity contribution in [2.75, 3.05) is 24.3 Å². The lowest BCUT2D eigenvalue weighted by atomic mass is 10.2. The predicted octanol–water partition coefficient (Wildman–Crippen LogP) is 2.56. The molecule has 1 atom stereocenters. The van der Waals surface area contributed by atoms with Gasteiger partial charge in [0.15, 0.2) is 0 Å². The molecule has 0 radical (unpaired) electrons. The van der Waals surface area contributed by atoms with Crippen LogP contribution >= 0.6 is 0 Å². The van der Waals surface area contributed by atoms with Crippen LogP contribution in [0, 0.1) is 0 Å². The van der Waals surface area contributed by atoms with Gasteiger partial charge in [0.1, 0.15) is 17.5 Å². The zero-order chi connectivity index (χ0) is 20.7. The molecule has 8 heteroatoms. The molecule has 152 valence electrons.